The zero-order valence-corrected chi connectivity index (χ0v) is 13.2. The number of ether oxygens (including phenoxy) is 1. The average molecular weight is 286 g/mol. The molecular weight excluding hydrogens is 252 g/mol. The summed E-state index contributed by atoms with van der Waals surface area (Å²) in [5.74, 6) is 0. The summed E-state index contributed by atoms with van der Waals surface area (Å²) in [6, 6.07) is 0. The molecule has 0 bridgehead atoms. The van der Waals surface area contributed by atoms with Crippen LogP contribution in [0.1, 0.15) is 89.9 Å². The van der Waals surface area contributed by atoms with Gasteiger partial charge in [0.05, 0.1) is 6.61 Å². The molecule has 0 saturated heterocycles. The van der Waals surface area contributed by atoms with Gasteiger partial charge < -0.3 is 9.84 Å². The van der Waals surface area contributed by atoms with Gasteiger partial charge in [0, 0.05) is 6.61 Å². The fourth-order valence-electron chi connectivity index (χ4n) is 2.47. The molecule has 0 amide bonds. The molecule has 3 nitrogen and oxygen atoms in total. The van der Waals surface area contributed by atoms with Gasteiger partial charge in [0.1, 0.15) is 0 Å². The van der Waals surface area contributed by atoms with Crippen LogP contribution in [0.5, 0.6) is 0 Å². The lowest BCUT2D eigenvalue weighted by atomic mass is 10.0. The third-order valence-electron chi connectivity index (χ3n) is 3.74. The highest BCUT2D eigenvalue weighted by molar-refractivity contribution is 5.36. The number of unbranched alkanes of at least 4 members (excludes halogenated alkanes) is 13. The number of hydrogen-bond donors (Lipinski definition) is 1. The van der Waals surface area contributed by atoms with E-state index >= 15 is 0 Å². The fraction of sp³-hybridized carbons (Fsp3) is 0.941. The Hall–Kier alpha value is -0.570. The standard InChI is InChI=1S/C17H34O3/c18-15-13-11-9-7-5-3-1-2-4-6-8-10-12-14-16-20-17-19/h17-18H,1-16H2. The third-order valence-corrected chi connectivity index (χ3v) is 3.74. The minimum absolute atomic E-state index is 0.351. The smallest absolute Gasteiger partial charge is 0.293 e. The second-order valence-corrected chi connectivity index (χ2v) is 5.64. The first-order valence-electron chi connectivity index (χ1n) is 8.58. The van der Waals surface area contributed by atoms with Gasteiger partial charge in [-0.1, -0.05) is 77.0 Å². The minimum atomic E-state index is 0.351. The van der Waals surface area contributed by atoms with Gasteiger partial charge in [0.25, 0.3) is 6.47 Å². The van der Waals surface area contributed by atoms with Gasteiger partial charge in [-0.2, -0.15) is 0 Å². The first-order valence-corrected chi connectivity index (χ1v) is 8.58. The Morgan fingerprint density at radius 1 is 0.600 bits per heavy atom. The Balaban J connectivity index is 2.90. The molecule has 0 rings (SSSR count). The van der Waals surface area contributed by atoms with E-state index in [-0.39, 0.29) is 0 Å². The van der Waals surface area contributed by atoms with E-state index in [9.17, 15) is 4.79 Å². The molecule has 0 aromatic carbocycles. The lowest BCUT2D eigenvalue weighted by Gasteiger charge is -2.03. The van der Waals surface area contributed by atoms with Crippen molar-refractivity contribution < 1.29 is 14.6 Å². The molecule has 0 atom stereocenters. The Morgan fingerprint density at radius 3 is 1.30 bits per heavy atom. The van der Waals surface area contributed by atoms with Crippen LogP contribution in [0.3, 0.4) is 0 Å². The SMILES string of the molecule is O=COCCCCCCCCCCCCCCCCO. The highest BCUT2D eigenvalue weighted by atomic mass is 16.5. The summed E-state index contributed by atoms with van der Waals surface area (Å²) in [5.41, 5.74) is 0. The van der Waals surface area contributed by atoms with Gasteiger partial charge in [0.2, 0.25) is 0 Å². The summed E-state index contributed by atoms with van der Waals surface area (Å²) in [4.78, 5) is 9.92. The molecule has 0 saturated carbocycles. The van der Waals surface area contributed by atoms with Crippen molar-refractivity contribution in [3.63, 3.8) is 0 Å². The van der Waals surface area contributed by atoms with E-state index in [1.807, 2.05) is 0 Å². The molecule has 20 heavy (non-hydrogen) atoms. The van der Waals surface area contributed by atoms with Gasteiger partial charge in [-0.3, -0.25) is 4.79 Å². The van der Waals surface area contributed by atoms with Crippen molar-refractivity contribution in [3.05, 3.63) is 0 Å². The largest absolute Gasteiger partial charge is 0.468 e. The van der Waals surface area contributed by atoms with Crippen LogP contribution in [0.4, 0.5) is 0 Å². The summed E-state index contributed by atoms with van der Waals surface area (Å²) >= 11 is 0. The maximum absolute atomic E-state index is 9.92. The molecule has 0 aliphatic heterocycles. The predicted molar refractivity (Wildman–Crippen MR) is 83.7 cm³/mol. The average Bonchev–Trinajstić information content (AvgIpc) is 2.47. The molecule has 0 aromatic heterocycles. The quantitative estimate of drug-likeness (QED) is 0.314. The van der Waals surface area contributed by atoms with Gasteiger partial charge in [-0.05, 0) is 12.8 Å². The zero-order chi connectivity index (χ0) is 14.7. The van der Waals surface area contributed by atoms with Crippen LogP contribution in [0.15, 0.2) is 0 Å². The number of carbonyl (C=O) groups excluding carboxylic acids is 1. The van der Waals surface area contributed by atoms with E-state index in [0.717, 1.165) is 12.8 Å². The van der Waals surface area contributed by atoms with Gasteiger partial charge >= 0.3 is 0 Å². The molecule has 0 heterocycles. The van der Waals surface area contributed by atoms with Crippen molar-refractivity contribution in [3.8, 4) is 0 Å². The summed E-state index contributed by atoms with van der Waals surface area (Å²) in [6.45, 7) is 1.47. The number of carbonyl (C=O) groups is 1. The van der Waals surface area contributed by atoms with E-state index in [1.54, 1.807) is 0 Å². The first kappa shape index (κ1) is 19.4. The molecule has 120 valence electrons. The maximum atomic E-state index is 9.92. The molecule has 0 spiro atoms. The van der Waals surface area contributed by atoms with Crippen molar-refractivity contribution in [2.75, 3.05) is 13.2 Å². The van der Waals surface area contributed by atoms with Crippen LogP contribution in [0.2, 0.25) is 0 Å². The molecule has 0 aliphatic rings. The lowest BCUT2D eigenvalue weighted by molar-refractivity contribution is -0.128. The van der Waals surface area contributed by atoms with E-state index < -0.39 is 0 Å². The normalized spacial score (nSPS) is 10.7. The summed E-state index contributed by atoms with van der Waals surface area (Å²) in [5, 5.41) is 8.66. The van der Waals surface area contributed by atoms with Crippen molar-refractivity contribution in [2.45, 2.75) is 89.9 Å². The molecule has 0 aromatic rings. The summed E-state index contributed by atoms with van der Waals surface area (Å²) in [7, 11) is 0. The van der Waals surface area contributed by atoms with Crippen molar-refractivity contribution in [2.24, 2.45) is 0 Å². The van der Waals surface area contributed by atoms with E-state index in [2.05, 4.69) is 4.74 Å². The summed E-state index contributed by atoms with van der Waals surface area (Å²) in [6.07, 6.45) is 17.8. The second kappa shape index (κ2) is 18.4. The zero-order valence-electron chi connectivity index (χ0n) is 13.2. The lowest BCUT2D eigenvalue weighted by Crippen LogP contribution is -1.91. The molecule has 3 heteroatoms. The third kappa shape index (κ3) is 17.4. The molecular formula is C17H34O3. The highest BCUT2D eigenvalue weighted by Gasteiger charge is 1.94. The second-order valence-electron chi connectivity index (χ2n) is 5.64. The number of rotatable bonds is 17. The molecule has 0 radical (unpaired) electrons. The monoisotopic (exact) mass is 286 g/mol. The van der Waals surface area contributed by atoms with Crippen molar-refractivity contribution >= 4 is 6.47 Å². The van der Waals surface area contributed by atoms with Crippen LogP contribution >= 0.6 is 0 Å². The van der Waals surface area contributed by atoms with Crippen molar-refractivity contribution in [1.29, 1.82) is 0 Å². The van der Waals surface area contributed by atoms with Crippen LogP contribution < -0.4 is 0 Å². The van der Waals surface area contributed by atoms with Crippen LogP contribution in [-0.4, -0.2) is 24.8 Å². The van der Waals surface area contributed by atoms with Crippen LogP contribution in [0.25, 0.3) is 0 Å². The minimum Gasteiger partial charge on any atom is -0.468 e. The predicted octanol–water partition coefficient (Wildman–Crippen LogP) is 4.61. The number of aliphatic hydroxyl groups is 1. The Labute approximate surface area is 125 Å². The van der Waals surface area contributed by atoms with E-state index in [1.165, 1.54) is 77.0 Å². The molecule has 0 aliphatic carbocycles. The topological polar surface area (TPSA) is 46.5 Å². The Kier molecular flexibility index (Phi) is 17.9. The summed E-state index contributed by atoms with van der Waals surface area (Å²) < 4.78 is 4.65. The van der Waals surface area contributed by atoms with E-state index in [0.29, 0.717) is 19.7 Å². The van der Waals surface area contributed by atoms with Gasteiger partial charge in [-0.15, -0.1) is 0 Å². The van der Waals surface area contributed by atoms with Crippen LogP contribution in [0, 0.1) is 0 Å². The molecule has 0 fully saturated rings. The van der Waals surface area contributed by atoms with Gasteiger partial charge in [0.15, 0.2) is 0 Å². The Bertz CT molecular complexity index is 183. The number of aliphatic hydroxyl groups excluding tert-OH is 1. The molecule has 0 unspecified atom stereocenters. The highest BCUT2D eigenvalue weighted by Crippen LogP contribution is 2.12. The first-order chi connectivity index (χ1) is 9.91. The Morgan fingerprint density at radius 2 is 0.950 bits per heavy atom. The fourth-order valence-corrected chi connectivity index (χ4v) is 2.47. The van der Waals surface area contributed by atoms with Crippen molar-refractivity contribution in [1.82, 2.24) is 0 Å². The molecule has 1 N–H and O–H groups in total. The maximum Gasteiger partial charge on any atom is 0.293 e. The van der Waals surface area contributed by atoms with E-state index in [4.69, 9.17) is 5.11 Å². The van der Waals surface area contributed by atoms with Gasteiger partial charge in [-0.25, -0.2) is 0 Å². The number of hydrogen-bond acceptors (Lipinski definition) is 3. The van der Waals surface area contributed by atoms with Crippen LogP contribution in [-0.2, 0) is 9.53 Å².